The highest BCUT2D eigenvalue weighted by molar-refractivity contribution is 6.27. The summed E-state index contributed by atoms with van der Waals surface area (Å²) in [4.78, 5) is 45.0. The molecule has 4 bridgehead atoms. The minimum atomic E-state index is -1.82. The summed E-state index contributed by atoms with van der Waals surface area (Å²) in [7, 11) is 0. The lowest BCUT2D eigenvalue weighted by Gasteiger charge is -2.47. The Hall–Kier alpha value is -4.82. The third kappa shape index (κ3) is 9.77. The molecule has 2 spiro atoms. The van der Waals surface area contributed by atoms with E-state index in [9.17, 15) is 19.8 Å². The van der Waals surface area contributed by atoms with Gasteiger partial charge in [0.15, 0.2) is 0 Å². The number of carbonyl (C=O) groups is 4. The molecule has 6 aliphatic heterocycles. The van der Waals surface area contributed by atoms with Crippen LogP contribution in [0.2, 0.25) is 0 Å². The number of hydrogen-bond donors (Lipinski definition) is 4. The van der Waals surface area contributed by atoms with Crippen molar-refractivity contribution < 1.29 is 82.9 Å². The zero-order valence-corrected chi connectivity index (χ0v) is 38.7. The summed E-state index contributed by atoms with van der Waals surface area (Å²) in [5, 5.41) is 38.0. The monoisotopic (exact) mass is 944 g/mol. The lowest BCUT2D eigenvalue weighted by molar-refractivity contribution is -0.956. The number of halogens is 2. The minimum absolute atomic E-state index is 0. The van der Waals surface area contributed by atoms with Crippen LogP contribution in [0.15, 0.2) is 121 Å². The van der Waals surface area contributed by atoms with Gasteiger partial charge in [-0.25, -0.2) is 19.2 Å². The Morgan fingerprint density at radius 1 is 0.424 bits per heavy atom. The number of ether oxygens (including phenoxy) is 2. The molecule has 0 amide bonds. The molecule has 6 saturated heterocycles. The van der Waals surface area contributed by atoms with E-state index in [0.29, 0.717) is 46.4 Å². The second-order valence-electron chi connectivity index (χ2n) is 18.8. The zero-order valence-electron chi connectivity index (χ0n) is 37.2. The maximum Gasteiger partial charge on any atom is 0.414 e. The summed E-state index contributed by atoms with van der Waals surface area (Å²) in [5.74, 6) is -4.74. The van der Waals surface area contributed by atoms with Gasteiger partial charge in [-0.15, -0.1) is 0 Å². The average molecular weight is 946 g/mol. The van der Waals surface area contributed by atoms with Crippen LogP contribution in [0.3, 0.4) is 0 Å². The summed E-state index contributed by atoms with van der Waals surface area (Å²) in [6.07, 6.45) is 13.9. The number of benzene rings is 4. The van der Waals surface area contributed by atoms with E-state index in [1.807, 2.05) is 72.8 Å². The summed E-state index contributed by atoms with van der Waals surface area (Å²) in [5.41, 5.74) is -1.34. The number of quaternary nitrogens is 2. The Morgan fingerprint density at radius 3 is 0.864 bits per heavy atom. The van der Waals surface area contributed by atoms with E-state index < -0.39 is 35.1 Å². The van der Waals surface area contributed by atoms with Crippen LogP contribution in [0, 0.1) is 0 Å². The van der Waals surface area contributed by atoms with E-state index >= 15 is 0 Å². The van der Waals surface area contributed by atoms with Crippen molar-refractivity contribution in [3.8, 4) is 0 Å². The van der Waals surface area contributed by atoms with Crippen molar-refractivity contribution in [1.82, 2.24) is 0 Å². The molecular formula is C52H62Cl2N2O10. The molecule has 4 aromatic rings. The highest BCUT2D eigenvalue weighted by atomic mass is 35.5. The van der Waals surface area contributed by atoms with Crippen LogP contribution < -0.4 is 24.8 Å². The van der Waals surface area contributed by atoms with Crippen molar-refractivity contribution >= 4 is 23.9 Å². The van der Waals surface area contributed by atoms with E-state index in [1.54, 1.807) is 48.5 Å². The average Bonchev–Trinajstić information content (AvgIpc) is 4.09. The molecule has 66 heavy (non-hydrogen) atoms. The lowest BCUT2D eigenvalue weighted by atomic mass is 9.86. The number of esters is 2. The van der Waals surface area contributed by atoms with Gasteiger partial charge < -0.3 is 63.7 Å². The first-order chi connectivity index (χ1) is 30.9. The third-order valence-corrected chi connectivity index (χ3v) is 15.6. The maximum absolute atomic E-state index is 13.4. The normalized spacial score (nSPS) is 25.1. The first-order valence-electron chi connectivity index (χ1n) is 23.2. The maximum atomic E-state index is 13.4. The first kappa shape index (κ1) is 50.6. The number of nitrogens with zero attached hydrogens (tertiary/aromatic N) is 2. The van der Waals surface area contributed by atoms with Crippen LogP contribution in [0.1, 0.15) is 99.3 Å². The molecule has 354 valence electrons. The summed E-state index contributed by atoms with van der Waals surface area (Å²) in [6, 6.07) is 39.2. The number of aliphatic hydroxyl groups is 2. The van der Waals surface area contributed by atoms with E-state index in [1.165, 1.54) is 86.5 Å². The van der Waals surface area contributed by atoms with Gasteiger partial charge in [0.1, 0.15) is 12.2 Å². The fraction of sp³-hybridized carbons (Fsp3) is 0.462. The molecule has 4 N–H and O–H groups in total. The second kappa shape index (κ2) is 21.4. The standard InChI is InChI=1S/2C25H30NO3.C2H2O4.2ClH/c2*27-24(25(28,19-9-3-1-4-10-19)20-11-5-2-6-12-20)29-23-17-21-13-14-22(18-23)26(21)15-7-8-16-26;3-1(4)2(5)6;;/h2*1-6,9-12,21-23,28H,7-8,13-18H2;(H,3,4)(H,5,6);2*1H/q2*+1;;;/p-2/t2*21-,22+,23?;;;. The van der Waals surface area contributed by atoms with Gasteiger partial charge in [0.05, 0.1) is 50.3 Å². The second-order valence-corrected chi connectivity index (χ2v) is 18.8. The molecule has 6 aliphatic rings. The zero-order chi connectivity index (χ0) is 45.0. The highest BCUT2D eigenvalue weighted by Crippen LogP contribution is 2.48. The Bertz CT molecular complexity index is 1970. The van der Waals surface area contributed by atoms with Crippen molar-refractivity contribution in [3.63, 3.8) is 0 Å². The predicted octanol–water partition coefficient (Wildman–Crippen LogP) is 0.703. The minimum Gasteiger partial charge on any atom is -1.00 e. The number of carbonyl (C=O) groups excluding carboxylic acids is 2. The smallest absolute Gasteiger partial charge is 0.414 e. The fourth-order valence-corrected chi connectivity index (χ4v) is 12.6. The molecule has 0 radical (unpaired) electrons. The van der Waals surface area contributed by atoms with Gasteiger partial charge in [0.25, 0.3) is 0 Å². The number of carboxylic acids is 2. The Labute approximate surface area is 399 Å². The van der Waals surface area contributed by atoms with Crippen LogP contribution in [-0.4, -0.2) is 116 Å². The van der Waals surface area contributed by atoms with Gasteiger partial charge in [0, 0.05) is 77.0 Å². The predicted molar refractivity (Wildman–Crippen MR) is 237 cm³/mol. The number of piperidine rings is 2. The molecule has 2 unspecified atom stereocenters. The summed E-state index contributed by atoms with van der Waals surface area (Å²) in [6.45, 7) is 5.20. The van der Waals surface area contributed by atoms with Gasteiger partial charge in [-0.05, 0) is 22.3 Å². The molecule has 10 rings (SSSR count). The largest absolute Gasteiger partial charge is 1.00 e. The van der Waals surface area contributed by atoms with E-state index in [-0.39, 0.29) is 37.0 Å². The van der Waals surface area contributed by atoms with Crippen LogP contribution in [0.5, 0.6) is 0 Å². The number of rotatable bonds is 8. The quantitative estimate of drug-likeness (QED) is 0.112. The molecule has 14 heteroatoms. The lowest BCUT2D eigenvalue weighted by Crippen LogP contribution is -3.00. The Kier molecular flexibility index (Phi) is 16.4. The number of carboxylic acid groups (broad SMARTS) is 2. The highest BCUT2D eigenvalue weighted by Gasteiger charge is 2.58. The molecular weight excluding hydrogens is 883 g/mol. The van der Waals surface area contributed by atoms with Crippen LogP contribution in [-0.2, 0) is 39.9 Å². The van der Waals surface area contributed by atoms with Gasteiger partial charge in [-0.1, -0.05) is 121 Å². The fourth-order valence-electron chi connectivity index (χ4n) is 12.6. The Morgan fingerprint density at radius 2 is 0.652 bits per heavy atom. The molecule has 0 saturated carbocycles. The number of hydrogen-bond acceptors (Lipinski definition) is 8. The molecule has 6 atom stereocenters. The van der Waals surface area contributed by atoms with Crippen molar-refractivity contribution in [2.24, 2.45) is 0 Å². The first-order valence-corrected chi connectivity index (χ1v) is 23.2. The number of aliphatic carboxylic acids is 2. The van der Waals surface area contributed by atoms with Crippen LogP contribution in [0.4, 0.5) is 0 Å². The third-order valence-electron chi connectivity index (χ3n) is 15.6. The molecule has 4 aromatic carbocycles. The summed E-state index contributed by atoms with van der Waals surface area (Å²) < 4.78 is 14.6. The van der Waals surface area contributed by atoms with E-state index in [4.69, 9.17) is 29.3 Å². The van der Waals surface area contributed by atoms with Crippen molar-refractivity contribution in [1.29, 1.82) is 0 Å². The molecule has 12 nitrogen and oxygen atoms in total. The Balaban J connectivity index is 0.000000189. The van der Waals surface area contributed by atoms with Crippen molar-refractivity contribution in [3.05, 3.63) is 144 Å². The van der Waals surface area contributed by atoms with Crippen LogP contribution in [0.25, 0.3) is 0 Å². The van der Waals surface area contributed by atoms with Gasteiger partial charge in [-0.3, -0.25) is 0 Å². The molecule has 6 fully saturated rings. The van der Waals surface area contributed by atoms with E-state index in [2.05, 4.69) is 0 Å². The molecule has 0 aromatic heterocycles. The van der Waals surface area contributed by atoms with Gasteiger partial charge in [-0.2, -0.15) is 0 Å². The van der Waals surface area contributed by atoms with Crippen molar-refractivity contribution in [2.45, 2.75) is 125 Å². The topological polar surface area (TPSA) is 168 Å². The summed E-state index contributed by atoms with van der Waals surface area (Å²) >= 11 is 0. The molecule has 0 aliphatic carbocycles. The van der Waals surface area contributed by atoms with E-state index in [0.717, 1.165) is 25.7 Å². The van der Waals surface area contributed by atoms with Gasteiger partial charge in [0.2, 0.25) is 11.2 Å². The SMILES string of the molecule is O=C(O)C(=O)O.O=C(OC1C[C@H]2CC[C@@H](C1)[N+]21CCCC1)C(O)(c1ccccc1)c1ccccc1.O=C(OC1C[C@H]2CC[C@@H](C1)[N+]21CCCC1)C(O)(c1ccccc1)c1ccccc1.[Cl-].[Cl-]. The van der Waals surface area contributed by atoms with Crippen molar-refractivity contribution in [2.75, 3.05) is 26.2 Å². The van der Waals surface area contributed by atoms with Crippen LogP contribution >= 0.6 is 0 Å². The van der Waals surface area contributed by atoms with Gasteiger partial charge >= 0.3 is 23.9 Å². The molecule has 6 heterocycles.